The van der Waals surface area contributed by atoms with Gasteiger partial charge in [0.1, 0.15) is 13.2 Å². The lowest BCUT2D eigenvalue weighted by molar-refractivity contribution is -0.146. The van der Waals surface area contributed by atoms with E-state index in [1.807, 2.05) is 45.0 Å². The molecular weight excluding hydrogens is 444 g/mol. The average Bonchev–Trinajstić information content (AvgIpc) is 3.08. The maximum absolute atomic E-state index is 12.9. The number of nitrogens with one attached hydrogen (secondary N) is 1. The first-order valence-corrected chi connectivity index (χ1v) is 12.1. The molecule has 2 aromatic rings. The van der Waals surface area contributed by atoms with Crippen molar-refractivity contribution in [1.29, 1.82) is 0 Å². The average molecular weight is 481 g/mol. The van der Waals surface area contributed by atoms with Crippen molar-refractivity contribution >= 4 is 18.0 Å². The Labute approximate surface area is 207 Å². The number of nitrogens with zero attached hydrogens (tertiary/aromatic N) is 1. The number of hydrogen-bond donors (Lipinski definition) is 2. The number of carboxylic acid groups (broad SMARTS) is 1. The second kappa shape index (κ2) is 10.9. The van der Waals surface area contributed by atoms with E-state index in [2.05, 4.69) is 29.6 Å². The third-order valence-electron chi connectivity index (χ3n) is 6.19. The summed E-state index contributed by atoms with van der Waals surface area (Å²) in [7, 11) is 0. The topological polar surface area (TPSA) is 95.9 Å². The SMILES string of the molecule is CC(C)N(CC(=O)O)C(=O)CC(CC(C)(C)C)NC(=O)OCC1c2ccccc2-c2ccccc21. The van der Waals surface area contributed by atoms with Crippen molar-refractivity contribution in [3.8, 4) is 11.1 Å². The molecule has 7 nitrogen and oxygen atoms in total. The van der Waals surface area contributed by atoms with E-state index >= 15 is 0 Å². The number of carbonyl (C=O) groups excluding carboxylic acids is 2. The zero-order chi connectivity index (χ0) is 25.8. The highest BCUT2D eigenvalue weighted by atomic mass is 16.5. The molecule has 35 heavy (non-hydrogen) atoms. The third kappa shape index (κ3) is 6.84. The Bertz CT molecular complexity index is 1030. The molecule has 0 spiro atoms. The zero-order valence-corrected chi connectivity index (χ0v) is 21.2. The number of amides is 2. The van der Waals surface area contributed by atoms with Gasteiger partial charge >= 0.3 is 12.1 Å². The number of alkyl carbamates (subject to hydrolysis) is 1. The second-order valence-electron chi connectivity index (χ2n) is 10.6. The van der Waals surface area contributed by atoms with Gasteiger partial charge in [-0.1, -0.05) is 69.3 Å². The Morgan fingerprint density at radius 1 is 1.00 bits per heavy atom. The van der Waals surface area contributed by atoms with Gasteiger partial charge in [-0.25, -0.2) is 4.79 Å². The van der Waals surface area contributed by atoms with Gasteiger partial charge in [-0.2, -0.15) is 0 Å². The molecule has 0 fully saturated rings. The fraction of sp³-hybridized carbons (Fsp3) is 0.464. The van der Waals surface area contributed by atoms with Crippen LogP contribution >= 0.6 is 0 Å². The van der Waals surface area contributed by atoms with Gasteiger partial charge in [-0.3, -0.25) is 9.59 Å². The van der Waals surface area contributed by atoms with Crippen molar-refractivity contribution in [2.24, 2.45) is 5.41 Å². The molecule has 0 radical (unpaired) electrons. The quantitative estimate of drug-likeness (QED) is 0.524. The number of ether oxygens (including phenoxy) is 1. The van der Waals surface area contributed by atoms with Crippen molar-refractivity contribution in [2.75, 3.05) is 13.2 Å². The molecule has 2 aromatic carbocycles. The molecule has 1 aliphatic rings. The highest BCUT2D eigenvalue weighted by Gasteiger charge is 2.31. The first kappa shape index (κ1) is 26.3. The van der Waals surface area contributed by atoms with Crippen LogP contribution < -0.4 is 5.32 Å². The summed E-state index contributed by atoms with van der Waals surface area (Å²) in [5.41, 5.74) is 4.41. The molecule has 1 unspecified atom stereocenters. The monoisotopic (exact) mass is 480 g/mol. The van der Waals surface area contributed by atoms with Gasteiger partial charge < -0.3 is 20.1 Å². The van der Waals surface area contributed by atoms with Gasteiger partial charge in [0, 0.05) is 24.4 Å². The van der Waals surface area contributed by atoms with Crippen LogP contribution in [-0.2, 0) is 14.3 Å². The Balaban J connectivity index is 1.68. The van der Waals surface area contributed by atoms with Crippen LogP contribution in [0.3, 0.4) is 0 Å². The van der Waals surface area contributed by atoms with E-state index in [-0.39, 0.29) is 42.9 Å². The minimum Gasteiger partial charge on any atom is -0.480 e. The lowest BCUT2D eigenvalue weighted by Gasteiger charge is -2.30. The largest absolute Gasteiger partial charge is 0.480 e. The standard InChI is InChI=1S/C28H36N2O5/c1-18(2)30(16-26(32)33)25(31)14-19(15-28(3,4)5)29-27(34)35-17-24-22-12-8-6-10-20(22)21-11-7-9-13-23(21)24/h6-13,18-19,24H,14-17H2,1-5H3,(H,29,34)(H,32,33). The molecule has 188 valence electrons. The smallest absolute Gasteiger partial charge is 0.407 e. The summed E-state index contributed by atoms with van der Waals surface area (Å²) in [5.74, 6) is -1.43. The minimum atomic E-state index is -1.07. The molecule has 0 heterocycles. The lowest BCUT2D eigenvalue weighted by atomic mass is 9.87. The minimum absolute atomic E-state index is 0.00687. The summed E-state index contributed by atoms with van der Waals surface area (Å²) >= 11 is 0. The van der Waals surface area contributed by atoms with Crippen molar-refractivity contribution in [3.05, 3.63) is 59.7 Å². The number of rotatable bonds is 9. The normalized spacial score (nSPS) is 13.7. The summed E-state index contributed by atoms with van der Waals surface area (Å²) in [4.78, 5) is 38.3. The molecule has 1 aliphatic carbocycles. The highest BCUT2D eigenvalue weighted by molar-refractivity contribution is 5.82. The Hall–Kier alpha value is -3.35. The maximum atomic E-state index is 12.9. The third-order valence-corrected chi connectivity index (χ3v) is 6.19. The summed E-state index contributed by atoms with van der Waals surface area (Å²) in [6.45, 7) is 9.46. The first-order valence-electron chi connectivity index (χ1n) is 12.1. The summed E-state index contributed by atoms with van der Waals surface area (Å²) in [5, 5.41) is 12.0. The molecule has 2 amide bonds. The molecule has 0 saturated heterocycles. The second-order valence-corrected chi connectivity index (χ2v) is 10.6. The molecule has 1 atom stereocenters. The predicted molar refractivity (Wildman–Crippen MR) is 135 cm³/mol. The van der Waals surface area contributed by atoms with Crippen LogP contribution in [0.4, 0.5) is 4.79 Å². The summed E-state index contributed by atoms with van der Waals surface area (Å²) in [6.07, 6.45) is -0.0299. The van der Waals surface area contributed by atoms with Gasteiger partial charge in [0.25, 0.3) is 0 Å². The molecule has 0 aliphatic heterocycles. The van der Waals surface area contributed by atoms with Crippen molar-refractivity contribution in [2.45, 2.75) is 65.5 Å². The van der Waals surface area contributed by atoms with E-state index in [4.69, 9.17) is 4.74 Å². The van der Waals surface area contributed by atoms with E-state index in [0.29, 0.717) is 6.42 Å². The van der Waals surface area contributed by atoms with E-state index < -0.39 is 18.1 Å². The number of benzene rings is 2. The lowest BCUT2D eigenvalue weighted by Crippen LogP contribution is -2.46. The Morgan fingerprint density at radius 3 is 2.03 bits per heavy atom. The van der Waals surface area contributed by atoms with Crippen LogP contribution in [0.1, 0.15) is 64.5 Å². The molecule has 0 saturated carbocycles. The summed E-state index contributed by atoms with van der Waals surface area (Å²) < 4.78 is 5.67. The van der Waals surface area contributed by atoms with Gasteiger partial charge in [0.2, 0.25) is 5.91 Å². The van der Waals surface area contributed by atoms with E-state index in [1.54, 1.807) is 13.8 Å². The fourth-order valence-electron chi connectivity index (χ4n) is 4.75. The molecule has 0 aromatic heterocycles. The number of carboxylic acids is 1. The van der Waals surface area contributed by atoms with Crippen molar-refractivity contribution < 1.29 is 24.2 Å². The van der Waals surface area contributed by atoms with Crippen molar-refractivity contribution in [3.63, 3.8) is 0 Å². The number of hydrogen-bond acceptors (Lipinski definition) is 4. The van der Waals surface area contributed by atoms with E-state index in [1.165, 1.54) is 4.90 Å². The van der Waals surface area contributed by atoms with Crippen LogP contribution in [0.25, 0.3) is 11.1 Å². The Morgan fingerprint density at radius 2 is 1.54 bits per heavy atom. The molecule has 0 bridgehead atoms. The number of fused-ring (bicyclic) bond motifs is 3. The molecular formula is C28H36N2O5. The van der Waals surface area contributed by atoms with Gasteiger partial charge in [-0.05, 0) is 47.9 Å². The Kier molecular flexibility index (Phi) is 8.20. The van der Waals surface area contributed by atoms with Crippen LogP contribution in [0.15, 0.2) is 48.5 Å². The predicted octanol–water partition coefficient (Wildman–Crippen LogP) is 5.04. The molecule has 2 N–H and O–H groups in total. The van der Waals surface area contributed by atoms with Crippen molar-refractivity contribution in [1.82, 2.24) is 10.2 Å². The van der Waals surface area contributed by atoms with Crippen LogP contribution in [-0.4, -0.2) is 53.2 Å². The molecule has 7 heteroatoms. The number of aliphatic carboxylic acids is 1. The highest BCUT2D eigenvalue weighted by Crippen LogP contribution is 2.44. The van der Waals surface area contributed by atoms with Crippen LogP contribution in [0.5, 0.6) is 0 Å². The van der Waals surface area contributed by atoms with Gasteiger partial charge in [0.15, 0.2) is 0 Å². The first-order chi connectivity index (χ1) is 16.5. The summed E-state index contributed by atoms with van der Waals surface area (Å²) in [6, 6.07) is 15.5. The zero-order valence-electron chi connectivity index (χ0n) is 21.2. The van der Waals surface area contributed by atoms with E-state index in [0.717, 1.165) is 22.3 Å². The van der Waals surface area contributed by atoms with Crippen LogP contribution in [0, 0.1) is 5.41 Å². The number of carbonyl (C=O) groups is 3. The van der Waals surface area contributed by atoms with Gasteiger partial charge in [0.05, 0.1) is 0 Å². The van der Waals surface area contributed by atoms with E-state index in [9.17, 15) is 19.5 Å². The maximum Gasteiger partial charge on any atom is 0.407 e. The van der Waals surface area contributed by atoms with Gasteiger partial charge in [-0.15, -0.1) is 0 Å². The molecule has 3 rings (SSSR count). The fourth-order valence-corrected chi connectivity index (χ4v) is 4.75. The van der Waals surface area contributed by atoms with Crippen LogP contribution in [0.2, 0.25) is 0 Å².